The number of hydrogen-bond donors (Lipinski definition) is 0. The van der Waals surface area contributed by atoms with Crippen molar-refractivity contribution < 1.29 is 22.4 Å². The lowest BCUT2D eigenvalue weighted by atomic mass is 10.2. The molecule has 0 N–H and O–H groups in total. The van der Waals surface area contributed by atoms with Crippen LogP contribution in [-0.2, 0) is 11.3 Å². The Morgan fingerprint density at radius 2 is 1.83 bits per heavy atom. The number of carbonyl (C=O) groups is 1. The fraction of sp³-hybridized carbons (Fsp3) is 0.188. The molecule has 0 radical (unpaired) electrons. The van der Waals surface area contributed by atoms with Gasteiger partial charge in [0.15, 0.2) is 0 Å². The predicted octanol–water partition coefficient (Wildman–Crippen LogP) is 5.19. The van der Waals surface area contributed by atoms with E-state index in [4.69, 9.17) is 27.6 Å². The summed E-state index contributed by atoms with van der Waals surface area (Å²) in [5.74, 6) is -0.587. The minimum Gasteiger partial charge on any atom is -0.467 e. The normalized spacial score (nSPS) is 11.9. The largest absolute Gasteiger partial charge is 0.467 e. The monoisotopic (exact) mass is 377 g/mol. The maximum absolute atomic E-state index is 12.7. The summed E-state index contributed by atoms with van der Waals surface area (Å²) in [6.45, 7) is -1.70. The standard InChI is InChI=1S/C16H12Cl2F3NO2/c17-13-4-1-5-14(18)12(13)6-7-15(23)22(10-16(19,20)21)9-11-3-2-8-24-11/h1-8H,9-10H2/b7-6+. The molecule has 0 fully saturated rings. The molecule has 1 aromatic heterocycles. The van der Waals surface area contributed by atoms with E-state index in [9.17, 15) is 18.0 Å². The van der Waals surface area contributed by atoms with Crippen LogP contribution in [0.15, 0.2) is 47.1 Å². The summed E-state index contributed by atoms with van der Waals surface area (Å²) in [5, 5.41) is 0.583. The highest BCUT2D eigenvalue weighted by molar-refractivity contribution is 6.37. The van der Waals surface area contributed by atoms with Gasteiger partial charge >= 0.3 is 6.18 Å². The fourth-order valence-corrected chi connectivity index (χ4v) is 2.47. The Labute approximate surface area is 146 Å². The number of benzene rings is 1. The van der Waals surface area contributed by atoms with Crippen molar-refractivity contribution in [1.82, 2.24) is 4.90 Å². The van der Waals surface area contributed by atoms with E-state index in [1.54, 1.807) is 18.2 Å². The number of rotatable bonds is 5. The van der Waals surface area contributed by atoms with Crippen LogP contribution in [0.2, 0.25) is 10.0 Å². The van der Waals surface area contributed by atoms with Crippen molar-refractivity contribution in [3.8, 4) is 0 Å². The first-order chi connectivity index (χ1) is 11.3. The summed E-state index contributed by atoms with van der Waals surface area (Å²) in [4.78, 5) is 12.8. The van der Waals surface area contributed by atoms with Crippen molar-refractivity contribution in [2.24, 2.45) is 0 Å². The second-order valence-electron chi connectivity index (χ2n) is 4.86. The molecule has 0 spiro atoms. The van der Waals surface area contributed by atoms with Crippen LogP contribution in [0.25, 0.3) is 6.08 Å². The molecule has 0 bridgehead atoms. The van der Waals surface area contributed by atoms with E-state index in [0.29, 0.717) is 20.5 Å². The lowest BCUT2D eigenvalue weighted by Crippen LogP contribution is -2.37. The molecule has 0 saturated heterocycles. The van der Waals surface area contributed by atoms with E-state index in [1.807, 2.05) is 0 Å². The van der Waals surface area contributed by atoms with E-state index in [1.165, 1.54) is 24.5 Å². The van der Waals surface area contributed by atoms with Crippen LogP contribution < -0.4 is 0 Å². The zero-order valence-electron chi connectivity index (χ0n) is 12.2. The average molecular weight is 378 g/mol. The number of nitrogens with zero attached hydrogens (tertiary/aromatic N) is 1. The van der Waals surface area contributed by atoms with Crippen LogP contribution in [0.1, 0.15) is 11.3 Å². The van der Waals surface area contributed by atoms with Gasteiger partial charge in [-0.05, 0) is 30.3 Å². The van der Waals surface area contributed by atoms with Gasteiger partial charge < -0.3 is 9.32 Å². The Bertz CT molecular complexity index is 707. The number of halogens is 5. The van der Waals surface area contributed by atoms with Gasteiger partial charge in [-0.2, -0.15) is 13.2 Å². The molecule has 0 aliphatic heterocycles. The highest BCUT2D eigenvalue weighted by Gasteiger charge is 2.32. The predicted molar refractivity (Wildman–Crippen MR) is 85.7 cm³/mol. The van der Waals surface area contributed by atoms with Gasteiger partial charge in [0.05, 0.1) is 12.8 Å². The first kappa shape index (κ1) is 18.4. The van der Waals surface area contributed by atoms with Crippen molar-refractivity contribution in [1.29, 1.82) is 0 Å². The zero-order chi connectivity index (χ0) is 17.7. The molecule has 3 nitrogen and oxygen atoms in total. The van der Waals surface area contributed by atoms with Gasteiger partial charge in [0.2, 0.25) is 5.91 Å². The molecule has 0 atom stereocenters. The molecule has 2 aromatic rings. The molecule has 1 aromatic carbocycles. The van der Waals surface area contributed by atoms with Crippen LogP contribution in [-0.4, -0.2) is 23.5 Å². The average Bonchev–Trinajstić information content (AvgIpc) is 2.97. The van der Waals surface area contributed by atoms with E-state index in [0.717, 1.165) is 6.08 Å². The molecule has 1 heterocycles. The highest BCUT2D eigenvalue weighted by atomic mass is 35.5. The molecular weight excluding hydrogens is 366 g/mol. The van der Waals surface area contributed by atoms with Gasteiger partial charge in [0.25, 0.3) is 0 Å². The first-order valence-corrected chi connectivity index (χ1v) is 7.52. The lowest BCUT2D eigenvalue weighted by Gasteiger charge is -2.21. The maximum Gasteiger partial charge on any atom is 0.406 e. The summed E-state index contributed by atoms with van der Waals surface area (Å²) >= 11 is 11.9. The Morgan fingerprint density at radius 1 is 1.17 bits per heavy atom. The highest BCUT2D eigenvalue weighted by Crippen LogP contribution is 2.26. The van der Waals surface area contributed by atoms with Crippen molar-refractivity contribution >= 4 is 35.2 Å². The molecular formula is C16H12Cl2F3NO2. The van der Waals surface area contributed by atoms with Crippen molar-refractivity contribution in [3.63, 3.8) is 0 Å². The van der Waals surface area contributed by atoms with E-state index < -0.39 is 18.6 Å². The van der Waals surface area contributed by atoms with Crippen molar-refractivity contribution in [3.05, 3.63) is 64.0 Å². The molecule has 8 heteroatoms. The third kappa shape index (κ3) is 5.32. The van der Waals surface area contributed by atoms with Gasteiger partial charge in [-0.15, -0.1) is 0 Å². The van der Waals surface area contributed by atoms with E-state index >= 15 is 0 Å². The topological polar surface area (TPSA) is 33.5 Å². The van der Waals surface area contributed by atoms with Gasteiger partial charge in [-0.1, -0.05) is 29.3 Å². The number of alkyl halides is 3. The van der Waals surface area contributed by atoms with Crippen LogP contribution in [0, 0.1) is 0 Å². The minimum atomic E-state index is -4.53. The summed E-state index contributed by atoms with van der Waals surface area (Å²) < 4.78 is 43.1. The Kier molecular flexibility index (Phi) is 5.96. The van der Waals surface area contributed by atoms with E-state index in [2.05, 4.69) is 0 Å². The van der Waals surface area contributed by atoms with Gasteiger partial charge in [-0.3, -0.25) is 4.79 Å². The molecule has 0 saturated carbocycles. The van der Waals surface area contributed by atoms with E-state index in [-0.39, 0.29) is 12.3 Å². The van der Waals surface area contributed by atoms with Crippen molar-refractivity contribution in [2.45, 2.75) is 12.7 Å². The number of hydrogen-bond acceptors (Lipinski definition) is 2. The second-order valence-corrected chi connectivity index (χ2v) is 5.67. The zero-order valence-corrected chi connectivity index (χ0v) is 13.7. The summed E-state index contributed by atoms with van der Waals surface area (Å²) in [6, 6.07) is 7.77. The summed E-state index contributed by atoms with van der Waals surface area (Å²) in [5.41, 5.74) is 0.360. The number of amides is 1. The summed E-state index contributed by atoms with van der Waals surface area (Å²) in [7, 11) is 0. The molecule has 0 unspecified atom stereocenters. The Morgan fingerprint density at radius 3 is 2.38 bits per heavy atom. The SMILES string of the molecule is O=C(/C=C/c1c(Cl)cccc1Cl)N(Cc1ccco1)CC(F)(F)F. The van der Waals surface area contributed by atoms with Gasteiger partial charge in [0.1, 0.15) is 12.3 Å². The first-order valence-electron chi connectivity index (χ1n) is 6.76. The lowest BCUT2D eigenvalue weighted by molar-refractivity contribution is -0.159. The van der Waals surface area contributed by atoms with Gasteiger partial charge in [0, 0.05) is 21.7 Å². The molecule has 0 aliphatic rings. The van der Waals surface area contributed by atoms with Crippen LogP contribution in [0.3, 0.4) is 0 Å². The molecule has 24 heavy (non-hydrogen) atoms. The minimum absolute atomic E-state index is 0.247. The fourth-order valence-electron chi connectivity index (χ4n) is 1.95. The quantitative estimate of drug-likeness (QED) is 0.671. The summed E-state index contributed by atoms with van der Waals surface area (Å²) in [6.07, 6.45) is -0.913. The maximum atomic E-state index is 12.7. The van der Waals surface area contributed by atoms with Crippen LogP contribution >= 0.6 is 23.2 Å². The Hall–Kier alpha value is -1.92. The van der Waals surface area contributed by atoms with Crippen molar-refractivity contribution in [2.75, 3.05) is 6.54 Å². The molecule has 2 rings (SSSR count). The van der Waals surface area contributed by atoms with Crippen LogP contribution in [0.4, 0.5) is 13.2 Å². The molecule has 1 amide bonds. The number of carbonyl (C=O) groups excluding carboxylic acids is 1. The third-order valence-electron chi connectivity index (χ3n) is 3.00. The number of furan rings is 1. The molecule has 128 valence electrons. The smallest absolute Gasteiger partial charge is 0.406 e. The third-order valence-corrected chi connectivity index (χ3v) is 3.66. The van der Waals surface area contributed by atoms with Gasteiger partial charge in [-0.25, -0.2) is 0 Å². The van der Waals surface area contributed by atoms with Crippen LogP contribution in [0.5, 0.6) is 0 Å². The molecule has 0 aliphatic carbocycles. The Balaban J connectivity index is 2.19. The second kappa shape index (κ2) is 7.77.